The summed E-state index contributed by atoms with van der Waals surface area (Å²) >= 11 is 0. The van der Waals surface area contributed by atoms with E-state index in [2.05, 4.69) is 30.8 Å². The monoisotopic (exact) mass is 426 g/mol. The van der Waals surface area contributed by atoms with E-state index in [0.29, 0.717) is 37.8 Å². The van der Waals surface area contributed by atoms with Crippen molar-refractivity contribution in [2.75, 3.05) is 50.8 Å². The SMILES string of the molecule is CCN(CC)CC.O=c1cc(N2CCOCC2)[nH]n1-c1ccc(S(=O)(=O)O)cc1. The first-order chi connectivity index (χ1) is 13.8. The molecule has 1 fully saturated rings. The second kappa shape index (κ2) is 10.6. The Bertz CT molecular complexity index is 905. The summed E-state index contributed by atoms with van der Waals surface area (Å²) < 4.78 is 37.6. The van der Waals surface area contributed by atoms with Gasteiger partial charge in [-0.2, -0.15) is 8.42 Å². The minimum Gasteiger partial charge on any atom is -0.378 e. The summed E-state index contributed by atoms with van der Waals surface area (Å²) in [6, 6.07) is 6.87. The first-order valence-corrected chi connectivity index (χ1v) is 11.2. The summed E-state index contributed by atoms with van der Waals surface area (Å²) in [7, 11) is -4.24. The maximum atomic E-state index is 12.1. The molecule has 1 aromatic heterocycles. The van der Waals surface area contributed by atoms with Crippen LogP contribution in [0.4, 0.5) is 5.82 Å². The van der Waals surface area contributed by atoms with Gasteiger partial charge in [-0.25, -0.2) is 4.68 Å². The highest BCUT2D eigenvalue weighted by Crippen LogP contribution is 2.15. The molecule has 9 nitrogen and oxygen atoms in total. The van der Waals surface area contributed by atoms with Crippen LogP contribution in [-0.2, 0) is 14.9 Å². The van der Waals surface area contributed by atoms with Crippen molar-refractivity contribution < 1.29 is 17.7 Å². The fraction of sp³-hybridized carbons (Fsp3) is 0.526. The minimum absolute atomic E-state index is 0.218. The van der Waals surface area contributed by atoms with Gasteiger partial charge in [0, 0.05) is 19.2 Å². The van der Waals surface area contributed by atoms with Crippen molar-refractivity contribution >= 4 is 15.9 Å². The molecular formula is C19H30N4O5S. The van der Waals surface area contributed by atoms with E-state index in [1.807, 2.05) is 4.90 Å². The molecule has 162 valence electrons. The second-order valence-electron chi connectivity index (χ2n) is 6.50. The molecule has 3 rings (SSSR count). The molecule has 0 saturated carbocycles. The Kier molecular flexibility index (Phi) is 8.45. The van der Waals surface area contributed by atoms with E-state index < -0.39 is 10.1 Å². The quantitative estimate of drug-likeness (QED) is 0.676. The Labute approximate surface area is 171 Å². The predicted octanol–water partition coefficient (Wildman–Crippen LogP) is 1.60. The number of H-pyrrole nitrogens is 1. The molecule has 1 aliphatic rings. The van der Waals surface area contributed by atoms with Crippen LogP contribution in [-0.4, -0.2) is 73.6 Å². The van der Waals surface area contributed by atoms with Gasteiger partial charge in [-0.3, -0.25) is 14.4 Å². The number of aromatic nitrogens is 2. The average Bonchev–Trinajstić information content (AvgIpc) is 3.12. The molecule has 0 aliphatic carbocycles. The van der Waals surface area contributed by atoms with Crippen molar-refractivity contribution in [1.82, 2.24) is 14.7 Å². The number of nitrogens with zero attached hydrogens (tertiary/aromatic N) is 3. The van der Waals surface area contributed by atoms with E-state index in [1.54, 1.807) is 0 Å². The Hall–Kier alpha value is -2.14. The van der Waals surface area contributed by atoms with Gasteiger partial charge >= 0.3 is 0 Å². The van der Waals surface area contributed by atoms with Gasteiger partial charge < -0.3 is 14.5 Å². The number of benzene rings is 1. The zero-order chi connectivity index (χ0) is 21.4. The number of aromatic amines is 1. The third-order valence-electron chi connectivity index (χ3n) is 4.79. The van der Waals surface area contributed by atoms with Crippen molar-refractivity contribution in [3.05, 3.63) is 40.7 Å². The van der Waals surface area contributed by atoms with Gasteiger partial charge in [-0.05, 0) is 43.9 Å². The van der Waals surface area contributed by atoms with E-state index in [-0.39, 0.29) is 10.5 Å². The predicted molar refractivity (Wildman–Crippen MR) is 113 cm³/mol. The molecule has 0 amide bonds. The first-order valence-electron chi connectivity index (χ1n) is 9.75. The van der Waals surface area contributed by atoms with Gasteiger partial charge in [0.1, 0.15) is 5.82 Å². The Morgan fingerprint density at radius 3 is 2.07 bits per heavy atom. The van der Waals surface area contributed by atoms with E-state index in [9.17, 15) is 13.2 Å². The molecule has 29 heavy (non-hydrogen) atoms. The zero-order valence-corrected chi connectivity index (χ0v) is 18.0. The third-order valence-corrected chi connectivity index (χ3v) is 5.66. The highest BCUT2D eigenvalue weighted by Gasteiger charge is 2.15. The first kappa shape index (κ1) is 23.1. The molecule has 0 radical (unpaired) electrons. The van der Waals surface area contributed by atoms with Crippen molar-refractivity contribution in [3.63, 3.8) is 0 Å². The molecular weight excluding hydrogens is 396 g/mol. The van der Waals surface area contributed by atoms with Crippen molar-refractivity contribution in [3.8, 4) is 5.69 Å². The summed E-state index contributed by atoms with van der Waals surface area (Å²) in [5.41, 5.74) is 0.234. The molecule has 0 bridgehead atoms. The van der Waals surface area contributed by atoms with E-state index in [4.69, 9.17) is 9.29 Å². The number of hydrogen-bond acceptors (Lipinski definition) is 6. The summed E-state index contributed by atoms with van der Waals surface area (Å²) in [4.78, 5) is 16.2. The standard InChI is InChI=1S/C13H15N3O5S.C6H15N/c17-13-9-12(15-5-7-21-8-6-15)14-16(13)10-1-3-11(4-2-10)22(18,19)20;1-4-7(5-2)6-3/h1-4,9,14H,5-8H2,(H,18,19,20);4-6H2,1-3H3. The normalized spacial score (nSPS) is 14.6. The third kappa shape index (κ3) is 6.43. The second-order valence-corrected chi connectivity index (χ2v) is 7.92. The van der Waals surface area contributed by atoms with Crippen LogP contribution >= 0.6 is 0 Å². The number of morpholine rings is 1. The number of rotatable bonds is 6. The maximum Gasteiger partial charge on any atom is 0.294 e. The lowest BCUT2D eigenvalue weighted by atomic mass is 10.3. The van der Waals surface area contributed by atoms with Gasteiger partial charge in [0.25, 0.3) is 15.7 Å². The van der Waals surface area contributed by atoms with Crippen LogP contribution in [0, 0.1) is 0 Å². The van der Waals surface area contributed by atoms with E-state index in [0.717, 1.165) is 0 Å². The van der Waals surface area contributed by atoms with Crippen LogP contribution in [0.5, 0.6) is 0 Å². The van der Waals surface area contributed by atoms with Gasteiger partial charge in [0.05, 0.1) is 23.8 Å². The molecule has 1 aromatic carbocycles. The van der Waals surface area contributed by atoms with Crippen molar-refractivity contribution in [1.29, 1.82) is 0 Å². The molecule has 1 aliphatic heterocycles. The van der Waals surface area contributed by atoms with Crippen LogP contribution in [0.3, 0.4) is 0 Å². The fourth-order valence-electron chi connectivity index (χ4n) is 2.98. The Morgan fingerprint density at radius 2 is 1.62 bits per heavy atom. The summed E-state index contributed by atoms with van der Waals surface area (Å²) in [6.07, 6.45) is 0. The molecule has 2 heterocycles. The number of ether oxygens (including phenoxy) is 1. The van der Waals surface area contributed by atoms with Gasteiger partial charge in [0.2, 0.25) is 0 Å². The lowest BCUT2D eigenvalue weighted by molar-refractivity contribution is 0.122. The zero-order valence-electron chi connectivity index (χ0n) is 17.2. The van der Waals surface area contributed by atoms with E-state index in [1.165, 1.54) is 54.6 Å². The topological polar surface area (TPSA) is 108 Å². The molecule has 10 heteroatoms. The van der Waals surface area contributed by atoms with E-state index >= 15 is 0 Å². The number of hydrogen-bond donors (Lipinski definition) is 2. The van der Waals surface area contributed by atoms with Crippen molar-refractivity contribution in [2.24, 2.45) is 0 Å². The Balaban J connectivity index is 0.000000370. The molecule has 0 atom stereocenters. The van der Waals surface area contributed by atoms with Gasteiger partial charge in [-0.1, -0.05) is 20.8 Å². The lowest BCUT2D eigenvalue weighted by Gasteiger charge is -2.27. The van der Waals surface area contributed by atoms with Crippen LogP contribution in [0.1, 0.15) is 20.8 Å². The summed E-state index contributed by atoms with van der Waals surface area (Å²) in [6.45, 7) is 12.7. The summed E-state index contributed by atoms with van der Waals surface area (Å²) in [5.74, 6) is 0.687. The van der Waals surface area contributed by atoms with Gasteiger partial charge in [0.15, 0.2) is 0 Å². The average molecular weight is 427 g/mol. The molecule has 0 unspecified atom stereocenters. The van der Waals surface area contributed by atoms with Gasteiger partial charge in [-0.15, -0.1) is 0 Å². The maximum absolute atomic E-state index is 12.1. The van der Waals surface area contributed by atoms with Crippen molar-refractivity contribution in [2.45, 2.75) is 25.7 Å². The summed E-state index contributed by atoms with van der Waals surface area (Å²) in [5, 5.41) is 2.99. The van der Waals surface area contributed by atoms with Crippen LogP contribution in [0.25, 0.3) is 5.69 Å². The number of nitrogens with one attached hydrogen (secondary N) is 1. The van der Waals surface area contributed by atoms with Crippen LogP contribution < -0.4 is 10.5 Å². The molecule has 2 N–H and O–H groups in total. The largest absolute Gasteiger partial charge is 0.378 e. The smallest absolute Gasteiger partial charge is 0.294 e. The Morgan fingerprint density at radius 1 is 1.07 bits per heavy atom. The number of anilines is 1. The fourth-order valence-corrected chi connectivity index (χ4v) is 3.46. The highest BCUT2D eigenvalue weighted by molar-refractivity contribution is 7.85. The molecule has 1 saturated heterocycles. The highest BCUT2D eigenvalue weighted by atomic mass is 32.2. The van der Waals surface area contributed by atoms with Crippen LogP contribution in [0.15, 0.2) is 40.0 Å². The minimum atomic E-state index is -4.24. The lowest BCUT2D eigenvalue weighted by Crippen LogP contribution is -2.36. The molecule has 2 aromatic rings. The molecule has 0 spiro atoms. The van der Waals surface area contributed by atoms with Crippen LogP contribution in [0.2, 0.25) is 0 Å².